The molecule has 0 aliphatic heterocycles. The maximum absolute atomic E-state index is 12.0. The quantitative estimate of drug-likeness (QED) is 0.459. The van der Waals surface area contributed by atoms with Gasteiger partial charge in [0.15, 0.2) is 0 Å². The number of halogens is 1. The summed E-state index contributed by atoms with van der Waals surface area (Å²) in [4.78, 5) is 23.8. The van der Waals surface area contributed by atoms with Gasteiger partial charge >= 0.3 is 0 Å². The van der Waals surface area contributed by atoms with Crippen molar-refractivity contribution in [2.45, 2.75) is 12.8 Å². The van der Waals surface area contributed by atoms with Crippen LogP contribution in [0.5, 0.6) is 5.75 Å². The Morgan fingerprint density at radius 1 is 1.00 bits per heavy atom. The van der Waals surface area contributed by atoms with Crippen molar-refractivity contribution in [3.63, 3.8) is 0 Å². The summed E-state index contributed by atoms with van der Waals surface area (Å²) < 4.78 is 0.849. The largest absolute Gasteiger partial charge is 0.508 e. The van der Waals surface area contributed by atoms with Gasteiger partial charge in [0.05, 0.1) is 12.1 Å². The van der Waals surface area contributed by atoms with Gasteiger partial charge in [0.1, 0.15) is 5.75 Å². The van der Waals surface area contributed by atoms with Gasteiger partial charge in [-0.15, -0.1) is 0 Å². The lowest BCUT2D eigenvalue weighted by Gasteiger charge is -2.08. The molecule has 0 bridgehead atoms. The lowest BCUT2D eigenvalue weighted by atomic mass is 10.1. The van der Waals surface area contributed by atoms with Crippen molar-refractivity contribution in [2.24, 2.45) is 0 Å². The molecule has 3 N–H and O–H groups in total. The van der Waals surface area contributed by atoms with E-state index in [9.17, 15) is 14.7 Å². The molecule has 5 nitrogen and oxygen atoms in total. The van der Waals surface area contributed by atoms with Crippen LogP contribution in [0, 0.1) is 3.57 Å². The van der Waals surface area contributed by atoms with Crippen LogP contribution in [-0.4, -0.2) is 30.0 Å². The highest BCUT2D eigenvalue weighted by Crippen LogP contribution is 2.11. The molecule has 2 amide bonds. The molecular weight excluding hydrogens is 419 g/mol. The third-order valence-electron chi connectivity index (χ3n) is 3.43. The number of phenolic OH excluding ortho intramolecular Hbond substituents is 1. The van der Waals surface area contributed by atoms with E-state index in [1.807, 2.05) is 24.3 Å². The summed E-state index contributed by atoms with van der Waals surface area (Å²) in [6.07, 6.45) is 1.61. The Labute approximate surface area is 154 Å². The van der Waals surface area contributed by atoms with Gasteiger partial charge in [-0.2, -0.15) is 0 Å². The van der Waals surface area contributed by atoms with Crippen molar-refractivity contribution in [1.82, 2.24) is 10.6 Å². The van der Waals surface area contributed by atoms with Gasteiger partial charge in [-0.1, -0.05) is 24.3 Å². The zero-order valence-corrected chi connectivity index (χ0v) is 15.2. The second kappa shape index (κ2) is 9.27. The zero-order chi connectivity index (χ0) is 17.4. The summed E-state index contributed by atoms with van der Waals surface area (Å²) in [5, 5.41) is 14.6. The van der Waals surface area contributed by atoms with E-state index in [2.05, 4.69) is 33.2 Å². The maximum Gasteiger partial charge on any atom is 0.252 e. The fourth-order valence-electron chi connectivity index (χ4n) is 2.15. The van der Waals surface area contributed by atoms with Crippen molar-refractivity contribution >= 4 is 34.4 Å². The molecule has 0 radical (unpaired) electrons. The number of nitrogens with one attached hydrogen (secondary N) is 2. The highest BCUT2D eigenvalue weighted by molar-refractivity contribution is 14.1. The van der Waals surface area contributed by atoms with E-state index in [0.717, 1.165) is 22.0 Å². The SMILES string of the molecule is O=C(CNC(=O)c1ccccc1I)NCCCc1ccc(O)cc1. The summed E-state index contributed by atoms with van der Waals surface area (Å²) in [6, 6.07) is 14.2. The second-order valence-electron chi connectivity index (χ2n) is 5.28. The standard InChI is InChI=1S/C18H19IN2O3/c19-16-6-2-1-5-15(16)18(24)21-12-17(23)20-11-3-4-13-7-9-14(22)10-8-13/h1-2,5-10,22H,3-4,11-12H2,(H,20,23)(H,21,24). The number of amides is 2. The Balaban J connectivity index is 1.65. The average Bonchev–Trinajstić information content (AvgIpc) is 2.58. The number of aromatic hydroxyl groups is 1. The van der Waals surface area contributed by atoms with Crippen LogP contribution in [0.2, 0.25) is 0 Å². The Morgan fingerprint density at radius 3 is 2.42 bits per heavy atom. The van der Waals surface area contributed by atoms with Crippen LogP contribution in [0.15, 0.2) is 48.5 Å². The Kier molecular flexibility index (Phi) is 7.05. The number of aryl methyl sites for hydroxylation is 1. The normalized spacial score (nSPS) is 10.2. The topological polar surface area (TPSA) is 78.4 Å². The first-order chi connectivity index (χ1) is 11.6. The first-order valence-electron chi connectivity index (χ1n) is 7.63. The minimum absolute atomic E-state index is 0.0387. The van der Waals surface area contributed by atoms with Crippen LogP contribution in [0.25, 0.3) is 0 Å². The highest BCUT2D eigenvalue weighted by atomic mass is 127. The molecule has 0 aliphatic rings. The Hall–Kier alpha value is -2.09. The molecule has 0 atom stereocenters. The van der Waals surface area contributed by atoms with Gasteiger partial charge in [-0.05, 0) is 65.3 Å². The van der Waals surface area contributed by atoms with E-state index < -0.39 is 0 Å². The number of hydrogen-bond acceptors (Lipinski definition) is 3. The minimum Gasteiger partial charge on any atom is -0.508 e. The number of hydrogen-bond donors (Lipinski definition) is 3. The van der Waals surface area contributed by atoms with E-state index >= 15 is 0 Å². The molecule has 2 aromatic rings. The van der Waals surface area contributed by atoms with Gasteiger partial charge in [-0.25, -0.2) is 0 Å². The van der Waals surface area contributed by atoms with Gasteiger partial charge in [0, 0.05) is 10.1 Å². The van der Waals surface area contributed by atoms with Crippen molar-refractivity contribution in [2.75, 3.05) is 13.1 Å². The summed E-state index contributed by atoms with van der Waals surface area (Å²) in [6.45, 7) is 0.501. The maximum atomic E-state index is 12.0. The van der Waals surface area contributed by atoms with Crippen LogP contribution in [0.1, 0.15) is 22.3 Å². The smallest absolute Gasteiger partial charge is 0.252 e. The molecule has 0 fully saturated rings. The molecule has 126 valence electrons. The average molecular weight is 438 g/mol. The molecule has 6 heteroatoms. The molecule has 0 spiro atoms. The van der Waals surface area contributed by atoms with E-state index in [1.165, 1.54) is 0 Å². The van der Waals surface area contributed by atoms with Gasteiger partial charge < -0.3 is 15.7 Å². The van der Waals surface area contributed by atoms with E-state index in [1.54, 1.807) is 24.3 Å². The number of rotatable bonds is 7. The van der Waals surface area contributed by atoms with Gasteiger partial charge in [0.2, 0.25) is 5.91 Å². The number of phenols is 1. The molecule has 24 heavy (non-hydrogen) atoms. The first-order valence-corrected chi connectivity index (χ1v) is 8.71. The number of benzene rings is 2. The fourth-order valence-corrected chi connectivity index (χ4v) is 2.78. The second-order valence-corrected chi connectivity index (χ2v) is 6.44. The summed E-state index contributed by atoms with van der Waals surface area (Å²) in [5.74, 6) is -0.213. The Morgan fingerprint density at radius 2 is 1.71 bits per heavy atom. The molecule has 0 saturated heterocycles. The van der Waals surface area contributed by atoms with E-state index in [4.69, 9.17) is 0 Å². The predicted molar refractivity (Wildman–Crippen MR) is 101 cm³/mol. The summed E-state index contributed by atoms with van der Waals surface area (Å²) >= 11 is 2.09. The first kappa shape index (κ1) is 18.3. The molecule has 2 aromatic carbocycles. The van der Waals surface area contributed by atoms with Gasteiger partial charge in [-0.3, -0.25) is 9.59 Å². The van der Waals surface area contributed by atoms with Gasteiger partial charge in [0.25, 0.3) is 5.91 Å². The molecule has 2 rings (SSSR count). The van der Waals surface area contributed by atoms with E-state index in [-0.39, 0.29) is 24.1 Å². The zero-order valence-electron chi connectivity index (χ0n) is 13.1. The number of carbonyl (C=O) groups is 2. The minimum atomic E-state index is -0.251. The Bertz CT molecular complexity index is 702. The van der Waals surface area contributed by atoms with E-state index in [0.29, 0.717) is 12.1 Å². The van der Waals surface area contributed by atoms with Crippen molar-refractivity contribution in [3.8, 4) is 5.75 Å². The molecule has 0 heterocycles. The van der Waals surface area contributed by atoms with Crippen LogP contribution in [-0.2, 0) is 11.2 Å². The number of carbonyl (C=O) groups excluding carboxylic acids is 2. The lowest BCUT2D eigenvalue weighted by molar-refractivity contribution is -0.120. The molecule has 0 aliphatic carbocycles. The highest BCUT2D eigenvalue weighted by Gasteiger charge is 2.10. The summed E-state index contributed by atoms with van der Waals surface area (Å²) in [5.41, 5.74) is 1.67. The van der Waals surface area contributed by atoms with Crippen LogP contribution < -0.4 is 10.6 Å². The lowest BCUT2D eigenvalue weighted by Crippen LogP contribution is -2.37. The van der Waals surface area contributed by atoms with Crippen LogP contribution in [0.4, 0.5) is 0 Å². The third-order valence-corrected chi connectivity index (χ3v) is 4.37. The monoisotopic (exact) mass is 438 g/mol. The van der Waals surface area contributed by atoms with Crippen molar-refractivity contribution < 1.29 is 14.7 Å². The van der Waals surface area contributed by atoms with Crippen LogP contribution in [0.3, 0.4) is 0 Å². The van der Waals surface area contributed by atoms with Crippen molar-refractivity contribution in [3.05, 3.63) is 63.2 Å². The summed E-state index contributed by atoms with van der Waals surface area (Å²) in [7, 11) is 0. The van der Waals surface area contributed by atoms with Crippen LogP contribution >= 0.6 is 22.6 Å². The fraction of sp³-hybridized carbons (Fsp3) is 0.222. The molecule has 0 saturated carbocycles. The van der Waals surface area contributed by atoms with Crippen molar-refractivity contribution in [1.29, 1.82) is 0 Å². The molecule has 0 unspecified atom stereocenters. The third kappa shape index (κ3) is 5.84. The molecule has 0 aromatic heterocycles. The predicted octanol–water partition coefficient (Wildman–Crippen LogP) is 2.48. The molecular formula is C18H19IN2O3.